The van der Waals surface area contributed by atoms with Crippen molar-refractivity contribution in [2.75, 3.05) is 11.4 Å². The summed E-state index contributed by atoms with van der Waals surface area (Å²) in [5, 5.41) is 0.599. The quantitative estimate of drug-likeness (QED) is 0.416. The lowest BCUT2D eigenvalue weighted by Crippen LogP contribution is -2.26. The van der Waals surface area contributed by atoms with E-state index in [0.717, 1.165) is 39.7 Å². The van der Waals surface area contributed by atoms with Crippen LogP contribution in [0.15, 0.2) is 71.4 Å². The molecule has 0 radical (unpaired) electrons. The lowest BCUT2D eigenvalue weighted by atomic mass is 10.1. The molecule has 0 N–H and O–H groups in total. The molecule has 0 amide bonds. The number of halogens is 2. The van der Waals surface area contributed by atoms with Gasteiger partial charge < -0.3 is 9.64 Å². The summed E-state index contributed by atoms with van der Waals surface area (Å²) >= 11 is 6.59. The molecule has 3 aromatic rings. The number of hydrogen-bond donors (Lipinski definition) is 0. The largest absolute Gasteiger partial charge is 0.488 e. The van der Waals surface area contributed by atoms with E-state index < -0.39 is 0 Å². The minimum atomic E-state index is -0.269. The number of aryl methyl sites for hydroxylation is 1. The van der Waals surface area contributed by atoms with E-state index in [1.165, 1.54) is 12.1 Å². The third-order valence-electron chi connectivity index (χ3n) is 5.44. The van der Waals surface area contributed by atoms with Gasteiger partial charge in [0.25, 0.3) is 0 Å². The standard InChI is InChI=1S/C26H26ClFN4O/c1-16(2)26-30-13-17(3)25(31-26)23-12-21(9-10-29-23)32-14-22(27)24(11-18(32)4)33-15-19-5-7-20(28)8-6-19/h5-13,16H,14-15H2,1-4H3. The molecule has 0 unspecified atom stereocenters. The average molecular weight is 465 g/mol. The highest BCUT2D eigenvalue weighted by Crippen LogP contribution is 2.31. The fourth-order valence-electron chi connectivity index (χ4n) is 3.55. The second kappa shape index (κ2) is 9.71. The lowest BCUT2D eigenvalue weighted by molar-refractivity contribution is 0.208. The topological polar surface area (TPSA) is 51.1 Å². The van der Waals surface area contributed by atoms with Crippen molar-refractivity contribution in [3.63, 3.8) is 0 Å². The number of nitrogens with zero attached hydrogens (tertiary/aromatic N) is 4. The molecule has 0 aliphatic carbocycles. The van der Waals surface area contributed by atoms with Gasteiger partial charge in [-0.2, -0.15) is 0 Å². The van der Waals surface area contributed by atoms with Gasteiger partial charge in [0.05, 0.1) is 23.0 Å². The van der Waals surface area contributed by atoms with Gasteiger partial charge in [-0.3, -0.25) is 4.98 Å². The van der Waals surface area contributed by atoms with Gasteiger partial charge in [-0.15, -0.1) is 0 Å². The maximum Gasteiger partial charge on any atom is 0.137 e. The van der Waals surface area contributed by atoms with Crippen LogP contribution in [0.3, 0.4) is 0 Å². The summed E-state index contributed by atoms with van der Waals surface area (Å²) < 4.78 is 19.0. The maximum atomic E-state index is 13.1. The van der Waals surface area contributed by atoms with E-state index in [9.17, 15) is 4.39 Å². The average Bonchev–Trinajstić information content (AvgIpc) is 2.80. The van der Waals surface area contributed by atoms with Crippen LogP contribution in [0.1, 0.15) is 43.6 Å². The van der Waals surface area contributed by atoms with Crippen LogP contribution in [0.5, 0.6) is 0 Å². The summed E-state index contributed by atoms with van der Waals surface area (Å²) in [6.07, 6.45) is 5.55. The zero-order valence-corrected chi connectivity index (χ0v) is 19.9. The van der Waals surface area contributed by atoms with Crippen molar-refractivity contribution in [2.45, 2.75) is 40.2 Å². The highest BCUT2D eigenvalue weighted by atomic mass is 35.5. The predicted octanol–water partition coefficient (Wildman–Crippen LogP) is 6.50. The van der Waals surface area contributed by atoms with Gasteiger partial charge >= 0.3 is 0 Å². The number of aromatic nitrogens is 3. The van der Waals surface area contributed by atoms with Crippen molar-refractivity contribution in [1.29, 1.82) is 0 Å². The summed E-state index contributed by atoms with van der Waals surface area (Å²) in [6.45, 7) is 8.95. The van der Waals surface area contributed by atoms with Crippen LogP contribution in [0.4, 0.5) is 10.1 Å². The molecule has 5 nitrogen and oxygen atoms in total. The molecule has 7 heteroatoms. The van der Waals surface area contributed by atoms with Crippen molar-refractivity contribution in [3.8, 4) is 11.4 Å². The minimum Gasteiger partial charge on any atom is -0.488 e. The SMILES string of the molecule is CC1=CC(OCc2ccc(F)cc2)=C(Cl)CN1c1ccnc(-c2nc(C(C)C)ncc2C)c1. The number of pyridine rings is 1. The Labute approximate surface area is 198 Å². The Morgan fingerprint density at radius 2 is 1.88 bits per heavy atom. The summed E-state index contributed by atoms with van der Waals surface area (Å²) in [5.74, 6) is 1.38. The van der Waals surface area contributed by atoms with Crippen LogP contribution in [0.25, 0.3) is 11.4 Å². The molecular weight excluding hydrogens is 439 g/mol. The van der Waals surface area contributed by atoms with E-state index in [0.29, 0.717) is 23.9 Å². The minimum absolute atomic E-state index is 0.233. The number of hydrogen-bond acceptors (Lipinski definition) is 5. The van der Waals surface area contributed by atoms with Gasteiger partial charge in [0.2, 0.25) is 0 Å². The van der Waals surface area contributed by atoms with Gasteiger partial charge in [0.15, 0.2) is 0 Å². The third kappa shape index (κ3) is 5.22. The van der Waals surface area contributed by atoms with Crippen LogP contribution in [-0.2, 0) is 11.3 Å². The van der Waals surface area contributed by atoms with Gasteiger partial charge in [0, 0.05) is 35.8 Å². The zero-order valence-electron chi connectivity index (χ0n) is 19.1. The number of rotatable bonds is 6. The second-order valence-corrected chi connectivity index (χ2v) is 8.83. The summed E-state index contributed by atoms with van der Waals surface area (Å²) in [4.78, 5) is 15.9. The molecule has 3 heterocycles. The molecule has 1 aliphatic rings. The van der Waals surface area contributed by atoms with Crippen LogP contribution in [-0.4, -0.2) is 21.5 Å². The fraction of sp³-hybridized carbons (Fsp3) is 0.269. The molecule has 0 atom stereocenters. The van der Waals surface area contributed by atoms with Gasteiger partial charge in [-0.05, 0) is 49.2 Å². The summed E-state index contributed by atoms with van der Waals surface area (Å²) in [6, 6.07) is 10.2. The summed E-state index contributed by atoms with van der Waals surface area (Å²) in [5.41, 5.74) is 5.44. The normalized spacial score (nSPS) is 14.0. The Morgan fingerprint density at radius 3 is 2.61 bits per heavy atom. The monoisotopic (exact) mass is 464 g/mol. The number of allylic oxidation sites excluding steroid dienone is 2. The van der Waals surface area contributed by atoms with E-state index in [4.69, 9.17) is 21.3 Å². The van der Waals surface area contributed by atoms with Crippen molar-refractivity contribution in [2.24, 2.45) is 0 Å². The van der Waals surface area contributed by atoms with Crippen LogP contribution in [0, 0.1) is 12.7 Å². The molecule has 0 spiro atoms. The van der Waals surface area contributed by atoms with E-state index in [2.05, 4.69) is 28.7 Å². The molecule has 0 bridgehead atoms. The van der Waals surface area contributed by atoms with E-state index in [-0.39, 0.29) is 11.7 Å². The fourth-order valence-corrected chi connectivity index (χ4v) is 3.78. The molecule has 2 aromatic heterocycles. The molecule has 0 saturated heterocycles. The van der Waals surface area contributed by atoms with E-state index in [1.54, 1.807) is 18.3 Å². The highest BCUT2D eigenvalue weighted by Gasteiger charge is 2.20. The van der Waals surface area contributed by atoms with Gasteiger partial charge in [-0.25, -0.2) is 14.4 Å². The molecule has 4 rings (SSSR count). The van der Waals surface area contributed by atoms with Gasteiger partial charge in [0.1, 0.15) is 24.0 Å². The molecular formula is C26H26ClFN4O. The lowest BCUT2D eigenvalue weighted by Gasteiger charge is -2.30. The van der Waals surface area contributed by atoms with Crippen molar-refractivity contribution in [1.82, 2.24) is 15.0 Å². The van der Waals surface area contributed by atoms with Crippen LogP contribution >= 0.6 is 11.6 Å². The zero-order chi connectivity index (χ0) is 23.5. The van der Waals surface area contributed by atoms with E-state index >= 15 is 0 Å². The first-order valence-corrected chi connectivity index (χ1v) is 11.2. The maximum absolute atomic E-state index is 13.1. The van der Waals surface area contributed by atoms with Crippen molar-refractivity contribution in [3.05, 3.63) is 94.1 Å². The van der Waals surface area contributed by atoms with Crippen molar-refractivity contribution < 1.29 is 9.13 Å². The molecule has 170 valence electrons. The first-order chi connectivity index (χ1) is 15.8. The number of ether oxygens (including phenoxy) is 1. The molecule has 0 saturated carbocycles. The Bertz CT molecular complexity index is 1220. The predicted molar refractivity (Wildman–Crippen MR) is 129 cm³/mol. The second-order valence-electron chi connectivity index (χ2n) is 8.37. The van der Waals surface area contributed by atoms with Crippen LogP contribution in [0.2, 0.25) is 0 Å². The Hall–Kier alpha value is -3.25. The van der Waals surface area contributed by atoms with Gasteiger partial charge in [-0.1, -0.05) is 37.6 Å². The third-order valence-corrected chi connectivity index (χ3v) is 5.75. The summed E-state index contributed by atoms with van der Waals surface area (Å²) in [7, 11) is 0. The molecule has 0 fully saturated rings. The first-order valence-electron chi connectivity index (χ1n) is 10.8. The first kappa shape index (κ1) is 22.9. The smallest absolute Gasteiger partial charge is 0.137 e. The highest BCUT2D eigenvalue weighted by molar-refractivity contribution is 6.30. The Kier molecular flexibility index (Phi) is 6.75. The number of benzene rings is 1. The van der Waals surface area contributed by atoms with E-state index in [1.807, 2.05) is 38.3 Å². The van der Waals surface area contributed by atoms with Crippen molar-refractivity contribution >= 4 is 17.3 Å². The molecule has 1 aliphatic heterocycles. The molecule has 1 aromatic carbocycles. The number of anilines is 1. The Balaban J connectivity index is 1.55. The molecule has 33 heavy (non-hydrogen) atoms. The van der Waals surface area contributed by atoms with Crippen LogP contribution < -0.4 is 4.90 Å². The Morgan fingerprint density at radius 1 is 1.12 bits per heavy atom.